The predicted molar refractivity (Wildman–Crippen MR) is 77.7 cm³/mol. The number of rotatable bonds is 2. The molecule has 0 aliphatic carbocycles. The SMILES string of the molecule is CC(C)(C)SN1c2ccccc2SC1SN. The van der Waals surface area contributed by atoms with Crippen molar-refractivity contribution in [2.24, 2.45) is 5.14 Å². The number of thioether (sulfide) groups is 1. The van der Waals surface area contributed by atoms with Crippen molar-refractivity contribution in [1.82, 2.24) is 0 Å². The lowest BCUT2D eigenvalue weighted by atomic mass is 10.3. The lowest BCUT2D eigenvalue weighted by Crippen LogP contribution is -2.26. The van der Waals surface area contributed by atoms with Gasteiger partial charge in [0.1, 0.15) is 0 Å². The zero-order valence-electron chi connectivity index (χ0n) is 9.64. The van der Waals surface area contributed by atoms with Gasteiger partial charge in [-0.05, 0) is 56.8 Å². The molecule has 1 aromatic carbocycles. The number of hydrogen-bond acceptors (Lipinski definition) is 5. The van der Waals surface area contributed by atoms with E-state index in [1.165, 1.54) is 22.5 Å². The molecule has 1 atom stereocenters. The second-order valence-electron chi connectivity index (χ2n) is 4.56. The monoisotopic (exact) mass is 272 g/mol. The van der Waals surface area contributed by atoms with E-state index in [-0.39, 0.29) is 9.45 Å². The Hall–Kier alpha value is 0.0300. The summed E-state index contributed by atoms with van der Waals surface area (Å²) in [4.78, 5) is 1.32. The molecule has 16 heavy (non-hydrogen) atoms. The van der Waals surface area contributed by atoms with Gasteiger partial charge in [0.15, 0.2) is 4.71 Å². The Labute approximate surface area is 110 Å². The van der Waals surface area contributed by atoms with Gasteiger partial charge in [-0.15, -0.1) is 0 Å². The molecule has 0 saturated heterocycles. The summed E-state index contributed by atoms with van der Waals surface area (Å²) in [5.41, 5.74) is 1.29. The van der Waals surface area contributed by atoms with E-state index >= 15 is 0 Å². The molecule has 5 heteroatoms. The standard InChI is InChI=1S/C11H16N2S3/c1-11(2,3)16-13-8-6-4-5-7-9(8)14-10(13)15-12/h4-7,10H,12H2,1-3H3. The minimum Gasteiger partial charge on any atom is -0.291 e. The third kappa shape index (κ3) is 2.64. The molecule has 1 aliphatic rings. The number of benzene rings is 1. The Bertz CT molecular complexity index is 376. The number of fused-ring (bicyclic) bond motifs is 1. The van der Waals surface area contributed by atoms with Crippen LogP contribution in [0.3, 0.4) is 0 Å². The molecule has 0 amide bonds. The van der Waals surface area contributed by atoms with Gasteiger partial charge < -0.3 is 0 Å². The van der Waals surface area contributed by atoms with E-state index in [0.29, 0.717) is 0 Å². The largest absolute Gasteiger partial charge is 0.291 e. The van der Waals surface area contributed by atoms with Crippen molar-refractivity contribution in [2.45, 2.75) is 35.1 Å². The average molecular weight is 272 g/mol. The summed E-state index contributed by atoms with van der Waals surface area (Å²) in [6.45, 7) is 6.67. The molecule has 1 heterocycles. The molecule has 2 nitrogen and oxygen atoms in total. The minimum absolute atomic E-state index is 0.200. The lowest BCUT2D eigenvalue weighted by molar-refractivity contribution is 0.800. The van der Waals surface area contributed by atoms with Crippen molar-refractivity contribution in [3.63, 3.8) is 0 Å². The number of hydrogen-bond donors (Lipinski definition) is 1. The fraction of sp³-hybridized carbons (Fsp3) is 0.455. The summed E-state index contributed by atoms with van der Waals surface area (Å²) >= 11 is 5.09. The van der Waals surface area contributed by atoms with E-state index < -0.39 is 0 Å². The Morgan fingerprint density at radius 1 is 1.31 bits per heavy atom. The Morgan fingerprint density at radius 2 is 2.00 bits per heavy atom. The Kier molecular flexibility index (Phi) is 3.69. The third-order valence-corrected chi connectivity index (χ3v) is 5.51. The number of nitrogens with two attached hydrogens (primary N) is 1. The van der Waals surface area contributed by atoms with Crippen LogP contribution in [0.25, 0.3) is 0 Å². The van der Waals surface area contributed by atoms with Crippen molar-refractivity contribution < 1.29 is 0 Å². The minimum atomic E-state index is 0.200. The molecule has 0 fully saturated rings. The number of nitrogens with zero attached hydrogens (tertiary/aromatic N) is 1. The highest BCUT2D eigenvalue weighted by Crippen LogP contribution is 2.51. The van der Waals surface area contributed by atoms with Gasteiger partial charge in [0.25, 0.3) is 0 Å². The summed E-state index contributed by atoms with van der Waals surface area (Å²) < 4.78 is 2.80. The smallest absolute Gasteiger partial charge is 0.150 e. The van der Waals surface area contributed by atoms with Crippen molar-refractivity contribution in [3.8, 4) is 0 Å². The van der Waals surface area contributed by atoms with Crippen LogP contribution in [0.2, 0.25) is 0 Å². The van der Waals surface area contributed by atoms with Crippen molar-refractivity contribution in [1.29, 1.82) is 0 Å². The van der Waals surface area contributed by atoms with E-state index in [0.717, 1.165) is 0 Å². The summed E-state index contributed by atoms with van der Waals surface area (Å²) in [5, 5.41) is 5.76. The summed E-state index contributed by atoms with van der Waals surface area (Å²) in [6, 6.07) is 8.48. The molecule has 88 valence electrons. The van der Waals surface area contributed by atoms with E-state index in [4.69, 9.17) is 5.14 Å². The molecule has 1 aliphatic heterocycles. The molecule has 1 unspecified atom stereocenters. The van der Waals surface area contributed by atoms with E-state index in [1.807, 2.05) is 23.7 Å². The maximum Gasteiger partial charge on any atom is 0.150 e. The molecule has 0 saturated carbocycles. The zero-order valence-corrected chi connectivity index (χ0v) is 12.1. The van der Waals surface area contributed by atoms with E-state index in [1.54, 1.807) is 0 Å². The van der Waals surface area contributed by atoms with Crippen LogP contribution >= 0.6 is 35.7 Å². The maximum atomic E-state index is 5.76. The van der Waals surface area contributed by atoms with Crippen LogP contribution in [0.1, 0.15) is 20.8 Å². The normalized spacial score (nSPS) is 20.0. The molecule has 0 radical (unpaired) electrons. The van der Waals surface area contributed by atoms with Crippen LogP contribution in [0, 0.1) is 0 Å². The first-order chi connectivity index (χ1) is 7.51. The van der Waals surface area contributed by atoms with Crippen molar-refractivity contribution in [3.05, 3.63) is 24.3 Å². The molecule has 1 aromatic rings. The average Bonchev–Trinajstić information content (AvgIpc) is 2.55. The van der Waals surface area contributed by atoms with Gasteiger partial charge in [-0.1, -0.05) is 23.9 Å². The van der Waals surface area contributed by atoms with Crippen LogP contribution in [0.15, 0.2) is 29.2 Å². The number of anilines is 1. The summed E-state index contributed by atoms with van der Waals surface area (Å²) in [6.07, 6.45) is 0. The van der Waals surface area contributed by atoms with Crippen LogP contribution in [-0.4, -0.2) is 9.45 Å². The van der Waals surface area contributed by atoms with E-state index in [2.05, 4.69) is 49.3 Å². The second kappa shape index (κ2) is 4.72. The Balaban J connectivity index is 2.27. The van der Waals surface area contributed by atoms with E-state index in [9.17, 15) is 0 Å². The summed E-state index contributed by atoms with van der Waals surface area (Å²) in [7, 11) is 0. The van der Waals surface area contributed by atoms with Gasteiger partial charge in [-0.2, -0.15) is 0 Å². The lowest BCUT2D eigenvalue weighted by Gasteiger charge is -2.30. The first kappa shape index (κ1) is 12.5. The number of para-hydroxylation sites is 1. The van der Waals surface area contributed by atoms with Gasteiger partial charge >= 0.3 is 0 Å². The first-order valence-corrected chi connectivity index (χ1v) is 7.70. The predicted octanol–water partition coefficient (Wildman–Crippen LogP) is 3.94. The zero-order chi connectivity index (χ0) is 11.8. The van der Waals surface area contributed by atoms with Crippen LogP contribution in [0.4, 0.5) is 5.69 Å². The van der Waals surface area contributed by atoms with Crippen LogP contribution in [0.5, 0.6) is 0 Å². The molecule has 0 spiro atoms. The highest BCUT2D eigenvalue weighted by Gasteiger charge is 2.33. The maximum absolute atomic E-state index is 5.76. The molecule has 0 bridgehead atoms. The van der Waals surface area contributed by atoms with Gasteiger partial charge in [-0.25, -0.2) is 0 Å². The highest BCUT2D eigenvalue weighted by atomic mass is 32.2. The molecule has 0 aromatic heterocycles. The second-order valence-corrected chi connectivity index (χ2v) is 8.50. The molecular weight excluding hydrogens is 256 g/mol. The molecule has 2 N–H and O–H groups in total. The van der Waals surface area contributed by atoms with Crippen LogP contribution in [-0.2, 0) is 0 Å². The van der Waals surface area contributed by atoms with Crippen molar-refractivity contribution in [2.75, 3.05) is 4.31 Å². The fourth-order valence-corrected chi connectivity index (χ4v) is 4.64. The molecule has 2 rings (SSSR count). The van der Waals surface area contributed by atoms with Crippen molar-refractivity contribution >= 4 is 41.3 Å². The highest BCUT2D eigenvalue weighted by molar-refractivity contribution is 8.18. The van der Waals surface area contributed by atoms with Gasteiger partial charge in [0.05, 0.1) is 5.69 Å². The summed E-state index contributed by atoms with van der Waals surface area (Å²) in [5.74, 6) is 0. The third-order valence-electron chi connectivity index (χ3n) is 2.01. The van der Waals surface area contributed by atoms with Gasteiger partial charge in [0.2, 0.25) is 0 Å². The molecular formula is C11H16N2S3. The topological polar surface area (TPSA) is 29.3 Å². The van der Waals surface area contributed by atoms with Gasteiger partial charge in [0, 0.05) is 9.64 Å². The van der Waals surface area contributed by atoms with Crippen LogP contribution < -0.4 is 9.44 Å². The van der Waals surface area contributed by atoms with Gasteiger partial charge in [-0.3, -0.25) is 9.44 Å². The quantitative estimate of drug-likeness (QED) is 0.824. The Morgan fingerprint density at radius 3 is 2.62 bits per heavy atom. The fourth-order valence-electron chi connectivity index (χ4n) is 1.48. The first-order valence-electron chi connectivity index (χ1n) is 5.11.